The molecule has 0 radical (unpaired) electrons. The maximum absolute atomic E-state index is 13.2. The van der Waals surface area contributed by atoms with Gasteiger partial charge in [0.2, 0.25) is 5.88 Å². The molecule has 1 aromatic carbocycles. The molecule has 0 fully saturated rings. The standard InChI is InChI=1S/C20H20F3NO4/c1-2-27-17(10-19(25)26)12-6-9-18(24-11-12)28-16-8-7-13-14(16)4-3-5-15(13)20(21,22)23/h3-6,9,11,16-17H,2,7-8,10H2,1H3,(H,25,26)/t16-,17+/m1/s1. The van der Waals surface area contributed by atoms with Gasteiger partial charge in [-0.25, -0.2) is 4.98 Å². The molecule has 0 spiro atoms. The number of aliphatic carboxylic acids is 1. The Kier molecular flexibility index (Phi) is 5.88. The molecule has 0 bridgehead atoms. The number of carboxylic acid groups (broad SMARTS) is 1. The quantitative estimate of drug-likeness (QED) is 0.735. The van der Waals surface area contributed by atoms with Crippen LogP contribution in [0, 0.1) is 0 Å². The maximum atomic E-state index is 13.2. The number of alkyl halides is 3. The van der Waals surface area contributed by atoms with Gasteiger partial charge in [-0.15, -0.1) is 0 Å². The first-order valence-electron chi connectivity index (χ1n) is 8.94. The van der Waals surface area contributed by atoms with Crippen LogP contribution < -0.4 is 4.74 Å². The fourth-order valence-corrected chi connectivity index (χ4v) is 3.43. The van der Waals surface area contributed by atoms with E-state index in [1.54, 1.807) is 25.1 Å². The van der Waals surface area contributed by atoms with Crippen molar-refractivity contribution in [3.8, 4) is 5.88 Å². The van der Waals surface area contributed by atoms with E-state index in [-0.39, 0.29) is 17.9 Å². The molecular formula is C20H20F3NO4. The fraction of sp³-hybridized carbons (Fsp3) is 0.400. The lowest BCUT2D eigenvalue weighted by Crippen LogP contribution is -2.11. The zero-order valence-electron chi connectivity index (χ0n) is 15.2. The van der Waals surface area contributed by atoms with Crippen LogP contribution in [0.1, 0.15) is 54.2 Å². The molecule has 0 unspecified atom stereocenters. The molecule has 0 saturated carbocycles. The molecular weight excluding hydrogens is 375 g/mol. The molecule has 2 atom stereocenters. The highest BCUT2D eigenvalue weighted by atomic mass is 19.4. The highest BCUT2D eigenvalue weighted by molar-refractivity contribution is 5.67. The number of ether oxygens (including phenoxy) is 2. The third-order valence-corrected chi connectivity index (χ3v) is 4.64. The van der Waals surface area contributed by atoms with Gasteiger partial charge in [-0.2, -0.15) is 13.2 Å². The van der Waals surface area contributed by atoms with E-state index in [2.05, 4.69) is 4.98 Å². The Hall–Kier alpha value is -2.61. The van der Waals surface area contributed by atoms with Crippen LogP contribution in [0.25, 0.3) is 0 Å². The number of hydrogen-bond donors (Lipinski definition) is 1. The summed E-state index contributed by atoms with van der Waals surface area (Å²) in [5.41, 5.74) is 0.781. The number of fused-ring (bicyclic) bond motifs is 1. The van der Waals surface area contributed by atoms with Crippen molar-refractivity contribution in [1.29, 1.82) is 0 Å². The molecule has 0 amide bonds. The fourth-order valence-electron chi connectivity index (χ4n) is 3.43. The van der Waals surface area contributed by atoms with Crippen molar-refractivity contribution in [2.45, 2.75) is 44.6 Å². The molecule has 1 aliphatic rings. The molecule has 0 saturated heterocycles. The van der Waals surface area contributed by atoms with Crippen molar-refractivity contribution >= 4 is 5.97 Å². The highest BCUT2D eigenvalue weighted by Crippen LogP contribution is 2.41. The van der Waals surface area contributed by atoms with E-state index in [1.165, 1.54) is 12.3 Å². The first-order chi connectivity index (χ1) is 13.3. The van der Waals surface area contributed by atoms with Crippen LogP contribution in [0.3, 0.4) is 0 Å². The van der Waals surface area contributed by atoms with Crippen LogP contribution in [0.5, 0.6) is 5.88 Å². The minimum Gasteiger partial charge on any atom is -0.481 e. The molecule has 1 N–H and O–H groups in total. The summed E-state index contributed by atoms with van der Waals surface area (Å²) in [6.07, 6.45) is -3.50. The van der Waals surface area contributed by atoms with Gasteiger partial charge in [-0.1, -0.05) is 12.1 Å². The van der Waals surface area contributed by atoms with Gasteiger partial charge in [-0.3, -0.25) is 4.79 Å². The Morgan fingerprint density at radius 3 is 2.71 bits per heavy atom. The maximum Gasteiger partial charge on any atom is 0.416 e. The first kappa shape index (κ1) is 20.1. The summed E-state index contributed by atoms with van der Waals surface area (Å²) in [4.78, 5) is 15.1. The highest BCUT2D eigenvalue weighted by Gasteiger charge is 2.37. The molecule has 2 aromatic rings. The molecule has 1 heterocycles. The summed E-state index contributed by atoms with van der Waals surface area (Å²) in [6, 6.07) is 7.36. The number of aromatic nitrogens is 1. The van der Waals surface area contributed by atoms with E-state index in [9.17, 15) is 18.0 Å². The van der Waals surface area contributed by atoms with Gasteiger partial charge in [0.05, 0.1) is 18.1 Å². The zero-order chi connectivity index (χ0) is 20.3. The summed E-state index contributed by atoms with van der Waals surface area (Å²) < 4.78 is 50.7. The molecule has 1 aromatic heterocycles. The lowest BCUT2D eigenvalue weighted by Gasteiger charge is -2.17. The monoisotopic (exact) mass is 395 g/mol. The zero-order valence-corrected chi connectivity index (χ0v) is 15.2. The van der Waals surface area contributed by atoms with Crippen LogP contribution in [0.2, 0.25) is 0 Å². The Labute approximate surface area is 160 Å². The van der Waals surface area contributed by atoms with Crippen molar-refractivity contribution in [2.75, 3.05) is 6.61 Å². The Bertz CT molecular complexity index is 836. The molecule has 8 heteroatoms. The Morgan fingerprint density at radius 1 is 1.32 bits per heavy atom. The summed E-state index contributed by atoms with van der Waals surface area (Å²) >= 11 is 0. The molecule has 150 valence electrons. The number of hydrogen-bond acceptors (Lipinski definition) is 4. The molecule has 1 aliphatic carbocycles. The number of carboxylic acids is 1. The van der Waals surface area contributed by atoms with E-state index in [0.717, 1.165) is 6.07 Å². The normalized spacial score (nSPS) is 17.2. The minimum absolute atomic E-state index is 0.189. The van der Waals surface area contributed by atoms with Crippen molar-refractivity contribution in [1.82, 2.24) is 4.98 Å². The summed E-state index contributed by atoms with van der Waals surface area (Å²) in [5.74, 6) is -0.716. The van der Waals surface area contributed by atoms with Crippen molar-refractivity contribution in [3.05, 3.63) is 58.8 Å². The number of halogens is 3. The van der Waals surface area contributed by atoms with Crippen molar-refractivity contribution < 1.29 is 32.5 Å². The van der Waals surface area contributed by atoms with Crippen molar-refractivity contribution in [3.63, 3.8) is 0 Å². The third kappa shape index (κ3) is 4.44. The number of carbonyl (C=O) groups is 1. The second-order valence-electron chi connectivity index (χ2n) is 6.49. The number of rotatable bonds is 7. The SMILES string of the molecule is CCO[C@@H](CC(=O)O)c1ccc(O[C@@H]2CCc3c2cccc3C(F)(F)F)nc1. The van der Waals surface area contributed by atoms with E-state index in [1.807, 2.05) is 0 Å². The van der Waals surface area contributed by atoms with E-state index in [4.69, 9.17) is 14.6 Å². The van der Waals surface area contributed by atoms with Gasteiger partial charge >= 0.3 is 12.1 Å². The van der Waals surface area contributed by atoms with Crippen LogP contribution in [-0.4, -0.2) is 22.7 Å². The lowest BCUT2D eigenvalue weighted by molar-refractivity contribution is -0.140. The van der Waals surface area contributed by atoms with Gasteiger partial charge in [0.1, 0.15) is 6.10 Å². The third-order valence-electron chi connectivity index (χ3n) is 4.64. The van der Waals surface area contributed by atoms with Crippen molar-refractivity contribution in [2.24, 2.45) is 0 Å². The van der Waals surface area contributed by atoms with Gasteiger partial charge in [-0.05, 0) is 48.6 Å². The lowest BCUT2D eigenvalue weighted by atomic mass is 10.0. The summed E-state index contributed by atoms with van der Waals surface area (Å²) in [5, 5.41) is 8.98. The first-order valence-corrected chi connectivity index (χ1v) is 8.94. The van der Waals surface area contributed by atoms with Crippen LogP contribution in [0.15, 0.2) is 36.5 Å². The molecule has 28 heavy (non-hydrogen) atoms. The number of benzene rings is 1. The predicted octanol–water partition coefficient (Wildman–Crippen LogP) is 4.72. The molecule has 3 rings (SSSR count). The van der Waals surface area contributed by atoms with E-state index >= 15 is 0 Å². The topological polar surface area (TPSA) is 68.7 Å². The van der Waals surface area contributed by atoms with Gasteiger partial charge < -0.3 is 14.6 Å². The summed E-state index contributed by atoms with van der Waals surface area (Å²) in [7, 11) is 0. The predicted molar refractivity (Wildman–Crippen MR) is 94.0 cm³/mol. The number of pyridine rings is 1. The van der Waals surface area contributed by atoms with Gasteiger partial charge in [0, 0.05) is 18.9 Å². The smallest absolute Gasteiger partial charge is 0.416 e. The average Bonchev–Trinajstić information content (AvgIpc) is 3.04. The largest absolute Gasteiger partial charge is 0.481 e. The van der Waals surface area contributed by atoms with E-state index in [0.29, 0.717) is 30.6 Å². The van der Waals surface area contributed by atoms with E-state index < -0.39 is 29.9 Å². The Balaban J connectivity index is 1.75. The van der Waals surface area contributed by atoms with Crippen LogP contribution in [-0.2, 0) is 22.1 Å². The van der Waals surface area contributed by atoms with Gasteiger partial charge in [0.15, 0.2) is 0 Å². The van der Waals surface area contributed by atoms with Crippen LogP contribution >= 0.6 is 0 Å². The van der Waals surface area contributed by atoms with Crippen LogP contribution in [0.4, 0.5) is 13.2 Å². The Morgan fingerprint density at radius 2 is 2.11 bits per heavy atom. The second-order valence-corrected chi connectivity index (χ2v) is 6.49. The summed E-state index contributed by atoms with van der Waals surface area (Å²) in [6.45, 7) is 2.13. The second kappa shape index (κ2) is 8.18. The number of nitrogens with zero attached hydrogens (tertiary/aromatic N) is 1. The molecule has 0 aliphatic heterocycles. The minimum atomic E-state index is -4.39. The molecule has 5 nitrogen and oxygen atoms in total. The van der Waals surface area contributed by atoms with Gasteiger partial charge in [0.25, 0.3) is 0 Å². The average molecular weight is 395 g/mol.